The van der Waals surface area contributed by atoms with Gasteiger partial charge < -0.3 is 5.11 Å². The minimum atomic E-state index is -0.892. The first-order chi connectivity index (χ1) is 9.38. The number of aryl methyl sites for hydroxylation is 1. The second kappa shape index (κ2) is 5.38. The second-order valence-corrected chi connectivity index (χ2v) is 5.91. The molecule has 1 aliphatic rings. The van der Waals surface area contributed by atoms with E-state index >= 15 is 0 Å². The van der Waals surface area contributed by atoms with E-state index in [0.29, 0.717) is 17.8 Å². The molecule has 1 N–H and O–H groups in total. The normalized spacial score (nSPS) is 16.8. The van der Waals surface area contributed by atoms with Crippen molar-refractivity contribution in [2.24, 2.45) is 5.41 Å². The molecule has 0 radical (unpaired) electrons. The molecule has 5 heteroatoms. The molecule has 1 aromatic rings. The van der Waals surface area contributed by atoms with E-state index in [4.69, 9.17) is 5.11 Å². The summed E-state index contributed by atoms with van der Waals surface area (Å²) in [5.41, 5.74) is 1.90. The van der Waals surface area contributed by atoms with Gasteiger partial charge in [0.1, 0.15) is 0 Å². The topological polar surface area (TPSA) is 72.2 Å². The predicted molar refractivity (Wildman–Crippen MR) is 75.9 cm³/mol. The molecule has 0 unspecified atom stereocenters. The Morgan fingerprint density at radius 3 is 2.50 bits per heavy atom. The lowest BCUT2D eigenvalue weighted by atomic mass is 9.67. The number of aliphatic carboxylic acids is 1. The van der Waals surface area contributed by atoms with Gasteiger partial charge in [-0.15, -0.1) is 0 Å². The first kappa shape index (κ1) is 14.8. The van der Waals surface area contributed by atoms with Crippen LogP contribution >= 0.6 is 0 Å². The van der Waals surface area contributed by atoms with Crippen LogP contribution in [0.2, 0.25) is 0 Å². The third-order valence-corrected chi connectivity index (χ3v) is 4.76. The van der Waals surface area contributed by atoms with Gasteiger partial charge in [0.05, 0.1) is 6.42 Å². The second-order valence-electron chi connectivity index (χ2n) is 5.91. The van der Waals surface area contributed by atoms with Crippen LogP contribution in [0.1, 0.15) is 49.6 Å². The van der Waals surface area contributed by atoms with Crippen molar-refractivity contribution in [3.8, 4) is 0 Å². The molecule has 1 saturated carbocycles. The highest BCUT2D eigenvalue weighted by molar-refractivity contribution is 5.70. The van der Waals surface area contributed by atoms with Crippen LogP contribution in [0.25, 0.3) is 0 Å². The maximum Gasteiger partial charge on any atom is 0.347 e. The molecule has 0 aliphatic heterocycles. The summed E-state index contributed by atoms with van der Waals surface area (Å²) in [6.45, 7) is 6.35. The molecule has 2 rings (SSSR count). The third-order valence-electron chi connectivity index (χ3n) is 4.76. The monoisotopic (exact) mass is 278 g/mol. The summed E-state index contributed by atoms with van der Waals surface area (Å²) in [6, 6.07) is 0. The van der Waals surface area contributed by atoms with Crippen molar-refractivity contribution in [2.45, 2.75) is 59.4 Å². The molecule has 0 aromatic carbocycles. The van der Waals surface area contributed by atoms with Gasteiger partial charge in [0.25, 0.3) is 0 Å². The smallest absolute Gasteiger partial charge is 0.347 e. The highest BCUT2D eigenvalue weighted by atomic mass is 16.4. The minimum absolute atomic E-state index is 0.0793. The fourth-order valence-electron chi connectivity index (χ4n) is 3.07. The largest absolute Gasteiger partial charge is 0.481 e. The van der Waals surface area contributed by atoms with Gasteiger partial charge in [-0.05, 0) is 38.5 Å². The van der Waals surface area contributed by atoms with Crippen LogP contribution in [0, 0.1) is 19.3 Å². The summed E-state index contributed by atoms with van der Waals surface area (Å²) in [7, 11) is 0. The van der Waals surface area contributed by atoms with Gasteiger partial charge in [-0.3, -0.25) is 9.36 Å². The molecule has 5 nitrogen and oxygen atoms in total. The van der Waals surface area contributed by atoms with Crippen LogP contribution < -0.4 is 5.69 Å². The van der Waals surface area contributed by atoms with Gasteiger partial charge >= 0.3 is 11.7 Å². The number of nitrogens with zero attached hydrogens (tertiary/aromatic N) is 2. The first-order valence-electron chi connectivity index (χ1n) is 7.17. The number of carboxylic acid groups (broad SMARTS) is 1. The lowest BCUT2D eigenvalue weighted by Crippen LogP contribution is -2.39. The lowest BCUT2D eigenvalue weighted by Gasteiger charge is -2.42. The Hall–Kier alpha value is -1.65. The van der Waals surface area contributed by atoms with Crippen molar-refractivity contribution in [1.29, 1.82) is 0 Å². The van der Waals surface area contributed by atoms with Crippen molar-refractivity contribution in [3.63, 3.8) is 0 Å². The third kappa shape index (κ3) is 2.62. The Morgan fingerprint density at radius 1 is 1.40 bits per heavy atom. The molecule has 0 atom stereocenters. The van der Waals surface area contributed by atoms with E-state index in [2.05, 4.69) is 11.9 Å². The molecule has 1 aliphatic carbocycles. The van der Waals surface area contributed by atoms with Gasteiger partial charge in [0.2, 0.25) is 0 Å². The zero-order valence-electron chi connectivity index (χ0n) is 12.4. The van der Waals surface area contributed by atoms with Gasteiger partial charge in [-0.1, -0.05) is 13.3 Å². The Balaban J connectivity index is 2.42. The van der Waals surface area contributed by atoms with Crippen molar-refractivity contribution in [3.05, 3.63) is 27.4 Å². The standard InChI is InChI=1S/C15H22N2O3/c1-4-15(6-5-7-15)9-17-11(3)12(8-13(18)19)10(2)16-14(17)20/h4-9H2,1-3H3,(H,18,19). The van der Waals surface area contributed by atoms with Crippen molar-refractivity contribution < 1.29 is 9.90 Å². The molecule has 0 amide bonds. The van der Waals surface area contributed by atoms with E-state index in [1.165, 1.54) is 6.42 Å². The fraction of sp³-hybridized carbons (Fsp3) is 0.667. The van der Waals surface area contributed by atoms with Crippen LogP contribution in [-0.2, 0) is 17.8 Å². The van der Waals surface area contributed by atoms with Crippen molar-refractivity contribution in [1.82, 2.24) is 9.55 Å². The van der Waals surface area contributed by atoms with E-state index in [-0.39, 0.29) is 17.5 Å². The average molecular weight is 278 g/mol. The van der Waals surface area contributed by atoms with E-state index in [1.807, 2.05) is 6.92 Å². The van der Waals surface area contributed by atoms with Crippen LogP contribution in [0.3, 0.4) is 0 Å². The van der Waals surface area contributed by atoms with E-state index in [9.17, 15) is 9.59 Å². The number of hydrogen-bond acceptors (Lipinski definition) is 3. The zero-order valence-corrected chi connectivity index (χ0v) is 12.4. The lowest BCUT2D eigenvalue weighted by molar-refractivity contribution is -0.136. The SMILES string of the molecule is CCC1(Cn2c(C)c(CC(=O)O)c(C)nc2=O)CCC1. The summed E-state index contributed by atoms with van der Waals surface area (Å²) in [5.74, 6) is -0.892. The Morgan fingerprint density at radius 2 is 2.05 bits per heavy atom. The number of rotatable bonds is 5. The van der Waals surface area contributed by atoms with E-state index in [0.717, 1.165) is 25.0 Å². The number of carbonyl (C=O) groups is 1. The summed E-state index contributed by atoms with van der Waals surface area (Å²) < 4.78 is 1.67. The van der Waals surface area contributed by atoms with Gasteiger partial charge in [0.15, 0.2) is 0 Å². The predicted octanol–water partition coefficient (Wildman–Crippen LogP) is 2.07. The molecule has 1 aromatic heterocycles. The molecular formula is C15H22N2O3. The summed E-state index contributed by atoms with van der Waals surface area (Å²) >= 11 is 0. The van der Waals surface area contributed by atoms with Gasteiger partial charge in [-0.2, -0.15) is 4.98 Å². The number of aromatic nitrogens is 2. The van der Waals surface area contributed by atoms with Crippen LogP contribution in [0.5, 0.6) is 0 Å². The van der Waals surface area contributed by atoms with Crippen LogP contribution in [0.15, 0.2) is 4.79 Å². The molecular weight excluding hydrogens is 256 g/mol. The summed E-state index contributed by atoms with van der Waals surface area (Å²) in [4.78, 5) is 27.1. The molecule has 110 valence electrons. The molecule has 20 heavy (non-hydrogen) atoms. The molecule has 1 heterocycles. The first-order valence-corrected chi connectivity index (χ1v) is 7.17. The fourth-order valence-corrected chi connectivity index (χ4v) is 3.07. The summed E-state index contributed by atoms with van der Waals surface area (Å²) in [5, 5.41) is 9.00. The molecule has 0 bridgehead atoms. The minimum Gasteiger partial charge on any atom is -0.481 e. The number of carboxylic acids is 1. The van der Waals surface area contributed by atoms with Gasteiger partial charge in [-0.25, -0.2) is 4.79 Å². The van der Waals surface area contributed by atoms with E-state index < -0.39 is 5.97 Å². The summed E-state index contributed by atoms with van der Waals surface area (Å²) in [6.07, 6.45) is 4.45. The van der Waals surface area contributed by atoms with Crippen LogP contribution in [-0.4, -0.2) is 20.6 Å². The number of hydrogen-bond donors (Lipinski definition) is 1. The van der Waals surface area contributed by atoms with E-state index in [1.54, 1.807) is 11.5 Å². The molecule has 1 fully saturated rings. The quantitative estimate of drug-likeness (QED) is 0.895. The highest BCUT2D eigenvalue weighted by Gasteiger charge is 2.36. The average Bonchev–Trinajstić information content (AvgIpc) is 2.32. The molecule has 0 spiro atoms. The zero-order chi connectivity index (χ0) is 14.9. The Kier molecular flexibility index (Phi) is 3.97. The maximum atomic E-state index is 12.1. The highest BCUT2D eigenvalue weighted by Crippen LogP contribution is 2.45. The Labute approximate surface area is 118 Å². The maximum absolute atomic E-state index is 12.1. The van der Waals surface area contributed by atoms with Gasteiger partial charge in [0, 0.05) is 23.5 Å². The Bertz CT molecular complexity index is 580. The van der Waals surface area contributed by atoms with Crippen molar-refractivity contribution in [2.75, 3.05) is 0 Å². The molecule has 0 saturated heterocycles. The van der Waals surface area contributed by atoms with Crippen molar-refractivity contribution >= 4 is 5.97 Å². The van der Waals surface area contributed by atoms with Crippen LogP contribution in [0.4, 0.5) is 0 Å².